The highest BCUT2D eigenvalue weighted by Gasteiger charge is 2.34. The van der Waals surface area contributed by atoms with Crippen molar-refractivity contribution >= 4 is 5.91 Å². The Bertz CT molecular complexity index is 1140. The van der Waals surface area contributed by atoms with Crippen LogP contribution in [0.2, 0.25) is 0 Å². The Morgan fingerprint density at radius 1 is 0.781 bits per heavy atom. The zero-order chi connectivity index (χ0) is 21.8. The van der Waals surface area contributed by atoms with Crippen molar-refractivity contribution in [3.05, 3.63) is 137 Å². The maximum atomic E-state index is 13.9. The third kappa shape index (κ3) is 4.06. The van der Waals surface area contributed by atoms with Crippen LogP contribution >= 0.6 is 0 Å². The summed E-state index contributed by atoms with van der Waals surface area (Å²) in [4.78, 5) is 18.1. The van der Waals surface area contributed by atoms with Gasteiger partial charge >= 0.3 is 0 Å². The Labute approximate surface area is 189 Å². The molecule has 1 heterocycles. The number of hydrogen-bond acceptors (Lipinski definition) is 2. The van der Waals surface area contributed by atoms with Crippen molar-refractivity contribution < 1.29 is 4.79 Å². The summed E-state index contributed by atoms with van der Waals surface area (Å²) in [7, 11) is 0. The lowest BCUT2D eigenvalue weighted by atomic mass is 9.76. The van der Waals surface area contributed by atoms with Crippen LogP contribution in [0.5, 0.6) is 0 Å². The first-order valence-electron chi connectivity index (χ1n) is 11.2. The summed E-state index contributed by atoms with van der Waals surface area (Å²) in [6.45, 7) is 0. The van der Waals surface area contributed by atoms with Gasteiger partial charge in [0.15, 0.2) is 0 Å². The molecule has 1 aliphatic rings. The first-order valence-corrected chi connectivity index (χ1v) is 11.2. The number of benzene rings is 3. The molecule has 0 saturated heterocycles. The third-order valence-electron chi connectivity index (χ3n) is 6.48. The predicted octanol–water partition coefficient (Wildman–Crippen LogP) is 5.80. The Morgan fingerprint density at radius 3 is 2.03 bits per heavy atom. The van der Waals surface area contributed by atoms with Crippen LogP contribution in [0.4, 0.5) is 0 Å². The molecule has 2 atom stereocenters. The number of pyridine rings is 1. The molecule has 0 radical (unpaired) electrons. The number of carbonyl (C=O) groups is 1. The molecule has 0 unspecified atom stereocenters. The summed E-state index contributed by atoms with van der Waals surface area (Å²) in [6, 6.07) is 32.7. The topological polar surface area (TPSA) is 42.0 Å². The van der Waals surface area contributed by atoms with Crippen LogP contribution in [0.25, 0.3) is 0 Å². The Balaban J connectivity index is 1.53. The van der Waals surface area contributed by atoms with Crippen molar-refractivity contribution in [2.24, 2.45) is 0 Å². The van der Waals surface area contributed by atoms with Crippen LogP contribution in [-0.4, -0.2) is 10.9 Å². The maximum absolute atomic E-state index is 13.9. The van der Waals surface area contributed by atoms with Gasteiger partial charge in [-0.3, -0.25) is 9.78 Å². The second-order valence-electron chi connectivity index (χ2n) is 8.37. The minimum absolute atomic E-state index is 0.0307. The van der Waals surface area contributed by atoms with Gasteiger partial charge in [0.2, 0.25) is 5.91 Å². The second kappa shape index (κ2) is 9.19. The highest BCUT2D eigenvalue weighted by atomic mass is 16.2. The molecule has 1 aromatic heterocycles. The number of nitrogens with one attached hydrogen (secondary N) is 1. The van der Waals surface area contributed by atoms with E-state index in [1.54, 1.807) is 0 Å². The van der Waals surface area contributed by atoms with Crippen LogP contribution in [-0.2, 0) is 11.2 Å². The summed E-state index contributed by atoms with van der Waals surface area (Å²) in [5.41, 5.74) is 5.75. The monoisotopic (exact) mass is 418 g/mol. The van der Waals surface area contributed by atoms with Crippen LogP contribution in [0.1, 0.15) is 52.1 Å². The van der Waals surface area contributed by atoms with E-state index in [0.29, 0.717) is 0 Å². The van der Waals surface area contributed by atoms with E-state index in [4.69, 9.17) is 0 Å². The molecule has 3 nitrogen and oxygen atoms in total. The van der Waals surface area contributed by atoms with Gasteiger partial charge in [0.1, 0.15) is 0 Å². The van der Waals surface area contributed by atoms with Crippen LogP contribution in [0.15, 0.2) is 109 Å². The molecule has 1 amide bonds. The fourth-order valence-corrected chi connectivity index (χ4v) is 4.93. The van der Waals surface area contributed by atoms with Crippen molar-refractivity contribution in [2.75, 3.05) is 0 Å². The summed E-state index contributed by atoms with van der Waals surface area (Å²) in [5.74, 6) is -0.114. The van der Waals surface area contributed by atoms with Gasteiger partial charge < -0.3 is 5.32 Å². The number of fused-ring (bicyclic) bond motifs is 1. The zero-order valence-electron chi connectivity index (χ0n) is 17.9. The second-order valence-corrected chi connectivity index (χ2v) is 8.37. The third-order valence-corrected chi connectivity index (χ3v) is 6.48. The van der Waals surface area contributed by atoms with E-state index >= 15 is 0 Å². The van der Waals surface area contributed by atoms with Gasteiger partial charge in [0.05, 0.1) is 12.0 Å². The van der Waals surface area contributed by atoms with E-state index in [-0.39, 0.29) is 23.8 Å². The molecular formula is C29H26N2O. The normalized spacial score (nSPS) is 17.5. The largest absolute Gasteiger partial charge is 0.348 e. The smallest absolute Gasteiger partial charge is 0.232 e. The highest BCUT2D eigenvalue weighted by Crippen LogP contribution is 2.41. The number of hydrogen-bond donors (Lipinski definition) is 1. The molecule has 0 bridgehead atoms. The average Bonchev–Trinajstić information content (AvgIpc) is 2.86. The Morgan fingerprint density at radius 2 is 1.38 bits per heavy atom. The maximum Gasteiger partial charge on any atom is 0.232 e. The molecule has 1 N–H and O–H groups in total. The van der Waals surface area contributed by atoms with Crippen LogP contribution in [0, 0.1) is 0 Å². The molecule has 3 aromatic carbocycles. The minimum atomic E-state index is -0.357. The molecule has 5 rings (SSSR count). The van der Waals surface area contributed by atoms with Gasteiger partial charge in [-0.05, 0) is 52.8 Å². The summed E-state index contributed by atoms with van der Waals surface area (Å²) in [6.07, 6.45) is 5.68. The molecule has 0 fully saturated rings. The Kier molecular flexibility index (Phi) is 5.80. The molecule has 0 aliphatic heterocycles. The van der Waals surface area contributed by atoms with E-state index in [1.807, 2.05) is 73.1 Å². The van der Waals surface area contributed by atoms with Gasteiger partial charge in [-0.1, -0.05) is 84.9 Å². The van der Waals surface area contributed by atoms with Gasteiger partial charge in [0.25, 0.3) is 0 Å². The van der Waals surface area contributed by atoms with E-state index in [0.717, 1.165) is 24.0 Å². The van der Waals surface area contributed by atoms with Crippen LogP contribution in [0.3, 0.4) is 0 Å². The van der Waals surface area contributed by atoms with E-state index < -0.39 is 0 Å². The summed E-state index contributed by atoms with van der Waals surface area (Å²) < 4.78 is 0. The number of aromatic nitrogens is 1. The highest BCUT2D eigenvalue weighted by molar-refractivity contribution is 5.87. The molecule has 3 heteroatoms. The van der Waals surface area contributed by atoms with Crippen molar-refractivity contribution in [3.8, 4) is 0 Å². The SMILES string of the molecule is O=C(N[C@@H]1c2ccccc2CC[C@@H]1c1ccncc1)C(c1ccccc1)c1ccccc1. The number of rotatable bonds is 5. The first kappa shape index (κ1) is 20.2. The lowest BCUT2D eigenvalue weighted by Gasteiger charge is -2.35. The zero-order valence-corrected chi connectivity index (χ0v) is 17.9. The number of amides is 1. The predicted molar refractivity (Wildman–Crippen MR) is 127 cm³/mol. The first-order chi connectivity index (χ1) is 15.8. The minimum Gasteiger partial charge on any atom is -0.348 e. The fourth-order valence-electron chi connectivity index (χ4n) is 4.93. The van der Waals surface area contributed by atoms with Gasteiger partial charge in [-0.2, -0.15) is 0 Å². The van der Waals surface area contributed by atoms with Crippen molar-refractivity contribution in [1.82, 2.24) is 10.3 Å². The fraction of sp³-hybridized carbons (Fsp3) is 0.172. The van der Waals surface area contributed by atoms with E-state index in [9.17, 15) is 4.79 Å². The average molecular weight is 419 g/mol. The summed E-state index contributed by atoms with van der Waals surface area (Å²) >= 11 is 0. The molecule has 158 valence electrons. The molecule has 4 aromatic rings. The number of aryl methyl sites for hydroxylation is 1. The van der Waals surface area contributed by atoms with Gasteiger partial charge in [0, 0.05) is 18.3 Å². The van der Waals surface area contributed by atoms with Gasteiger partial charge in [-0.25, -0.2) is 0 Å². The van der Waals surface area contributed by atoms with E-state index in [1.165, 1.54) is 16.7 Å². The number of carbonyl (C=O) groups excluding carboxylic acids is 1. The standard InChI is InChI=1S/C29H26N2O/c32-29(27(23-10-3-1-4-11-23)24-12-5-2-6-13-24)31-28-25-14-8-7-9-21(25)15-16-26(28)22-17-19-30-20-18-22/h1-14,17-20,26-28H,15-16H2,(H,31,32)/t26-,28-/m1/s1. The van der Waals surface area contributed by atoms with Crippen LogP contribution < -0.4 is 5.32 Å². The molecule has 0 spiro atoms. The lowest BCUT2D eigenvalue weighted by molar-refractivity contribution is -0.122. The van der Waals surface area contributed by atoms with Crippen molar-refractivity contribution in [3.63, 3.8) is 0 Å². The van der Waals surface area contributed by atoms with E-state index in [2.05, 4.69) is 46.7 Å². The van der Waals surface area contributed by atoms with Crippen molar-refractivity contribution in [2.45, 2.75) is 30.7 Å². The van der Waals surface area contributed by atoms with Gasteiger partial charge in [-0.15, -0.1) is 0 Å². The molecular weight excluding hydrogens is 392 g/mol. The quantitative estimate of drug-likeness (QED) is 0.445. The lowest BCUT2D eigenvalue weighted by Crippen LogP contribution is -2.38. The molecule has 0 saturated carbocycles. The molecule has 1 aliphatic carbocycles. The number of nitrogens with zero attached hydrogens (tertiary/aromatic N) is 1. The van der Waals surface area contributed by atoms with Crippen molar-refractivity contribution in [1.29, 1.82) is 0 Å². The molecule has 32 heavy (non-hydrogen) atoms. The Hall–Kier alpha value is -3.72. The summed E-state index contributed by atoms with van der Waals surface area (Å²) in [5, 5.41) is 3.46.